The minimum absolute atomic E-state index is 0.521. The van der Waals surface area contributed by atoms with Crippen molar-refractivity contribution in [3.63, 3.8) is 0 Å². The fraction of sp³-hybridized carbons (Fsp3) is 0. The Bertz CT molecular complexity index is 183. The standard InChI is InChI=1S/C6H7N2S/c7-5-1-3-6(9-8)4-2-5/h1-4,7H,8H2. The van der Waals surface area contributed by atoms with Crippen molar-refractivity contribution in [3.8, 4) is 0 Å². The fourth-order valence-electron chi connectivity index (χ4n) is 0.534. The summed E-state index contributed by atoms with van der Waals surface area (Å²) in [5.74, 6) is 0. The van der Waals surface area contributed by atoms with Gasteiger partial charge in [-0.2, -0.15) is 0 Å². The molecule has 0 aliphatic carbocycles. The minimum Gasteiger partial charge on any atom is -0.301 e. The number of nitrogens with one attached hydrogen (secondary N) is 1. The van der Waals surface area contributed by atoms with E-state index in [4.69, 9.17) is 10.9 Å². The molecule has 0 unspecified atom stereocenters. The average Bonchev–Trinajstić information content (AvgIpc) is 1.90. The zero-order valence-corrected chi connectivity index (χ0v) is 5.61. The molecule has 1 radical (unpaired) electrons. The molecule has 0 saturated heterocycles. The number of nitrogens with two attached hydrogens (primary N) is 1. The maximum atomic E-state index is 7.12. The molecule has 0 amide bonds. The van der Waals surface area contributed by atoms with Gasteiger partial charge in [-0.05, 0) is 36.2 Å². The van der Waals surface area contributed by atoms with E-state index >= 15 is 0 Å². The Hall–Kier alpha value is -0.670. The minimum atomic E-state index is 0.521. The van der Waals surface area contributed by atoms with Crippen molar-refractivity contribution < 1.29 is 0 Å². The Morgan fingerprint density at radius 2 is 1.78 bits per heavy atom. The summed E-state index contributed by atoms with van der Waals surface area (Å²) in [5, 5.41) is 5.26. The number of benzene rings is 1. The number of hydrogen-bond donors (Lipinski definition) is 1. The molecular weight excluding hydrogens is 132 g/mol. The Morgan fingerprint density at radius 1 is 1.22 bits per heavy atom. The van der Waals surface area contributed by atoms with E-state index in [1.165, 1.54) is 11.9 Å². The van der Waals surface area contributed by atoms with Gasteiger partial charge in [-0.1, -0.05) is 0 Å². The van der Waals surface area contributed by atoms with Crippen LogP contribution >= 0.6 is 11.9 Å². The topological polar surface area (TPSA) is 49.8 Å². The Morgan fingerprint density at radius 3 is 2.22 bits per heavy atom. The molecule has 9 heavy (non-hydrogen) atoms. The van der Waals surface area contributed by atoms with Gasteiger partial charge in [-0.3, -0.25) is 5.14 Å². The van der Waals surface area contributed by atoms with Gasteiger partial charge in [-0.25, -0.2) is 0 Å². The smallest absolute Gasteiger partial charge is 0.0540 e. The summed E-state index contributed by atoms with van der Waals surface area (Å²) in [7, 11) is 0. The monoisotopic (exact) mass is 139 g/mol. The molecule has 3 N–H and O–H groups in total. The van der Waals surface area contributed by atoms with Crippen LogP contribution < -0.4 is 10.9 Å². The molecule has 0 saturated carbocycles. The van der Waals surface area contributed by atoms with Gasteiger partial charge < -0.3 is 5.73 Å². The van der Waals surface area contributed by atoms with E-state index in [-0.39, 0.29) is 0 Å². The second-order valence-electron chi connectivity index (χ2n) is 1.64. The first-order valence-electron chi connectivity index (χ1n) is 2.51. The van der Waals surface area contributed by atoms with E-state index in [2.05, 4.69) is 0 Å². The van der Waals surface area contributed by atoms with Gasteiger partial charge in [0.15, 0.2) is 0 Å². The molecule has 0 fully saturated rings. The normalized spacial score (nSPS) is 9.44. The second kappa shape index (κ2) is 2.75. The highest BCUT2D eigenvalue weighted by Crippen LogP contribution is 2.13. The molecule has 0 atom stereocenters. The van der Waals surface area contributed by atoms with E-state index in [1.807, 2.05) is 12.1 Å². The lowest BCUT2D eigenvalue weighted by Gasteiger charge is -1.92. The molecule has 0 aromatic heterocycles. The molecule has 1 aromatic carbocycles. The van der Waals surface area contributed by atoms with E-state index < -0.39 is 0 Å². The summed E-state index contributed by atoms with van der Waals surface area (Å²) in [6.07, 6.45) is 0. The van der Waals surface area contributed by atoms with E-state index in [0.29, 0.717) is 5.69 Å². The summed E-state index contributed by atoms with van der Waals surface area (Å²) in [6.45, 7) is 0. The molecule has 3 heteroatoms. The highest BCUT2D eigenvalue weighted by atomic mass is 32.2. The van der Waals surface area contributed by atoms with Crippen molar-refractivity contribution in [2.45, 2.75) is 4.90 Å². The van der Waals surface area contributed by atoms with Crippen molar-refractivity contribution >= 4 is 17.6 Å². The molecule has 0 aliphatic rings. The first kappa shape index (κ1) is 6.45. The quantitative estimate of drug-likeness (QED) is 0.600. The van der Waals surface area contributed by atoms with Gasteiger partial charge in [0.2, 0.25) is 0 Å². The number of rotatable bonds is 1. The second-order valence-corrected chi connectivity index (χ2v) is 2.35. The maximum absolute atomic E-state index is 7.12. The Kier molecular flexibility index (Phi) is 1.97. The van der Waals surface area contributed by atoms with Gasteiger partial charge >= 0.3 is 0 Å². The summed E-state index contributed by atoms with van der Waals surface area (Å²) in [4.78, 5) is 0.992. The van der Waals surface area contributed by atoms with Crippen LogP contribution in [-0.2, 0) is 0 Å². The zero-order valence-electron chi connectivity index (χ0n) is 4.79. The van der Waals surface area contributed by atoms with Crippen molar-refractivity contribution in [2.24, 2.45) is 5.14 Å². The van der Waals surface area contributed by atoms with Crippen molar-refractivity contribution in [1.29, 1.82) is 0 Å². The van der Waals surface area contributed by atoms with Crippen molar-refractivity contribution in [2.75, 3.05) is 0 Å². The molecule has 0 aliphatic heterocycles. The lowest BCUT2D eigenvalue weighted by atomic mass is 10.3. The molecule has 2 nitrogen and oxygen atoms in total. The highest BCUT2D eigenvalue weighted by Gasteiger charge is 1.87. The molecule has 0 heterocycles. The molecule has 47 valence electrons. The largest absolute Gasteiger partial charge is 0.301 e. The van der Waals surface area contributed by atoms with Gasteiger partial charge in [0.1, 0.15) is 0 Å². The van der Waals surface area contributed by atoms with Crippen LogP contribution in [0.25, 0.3) is 0 Å². The predicted molar refractivity (Wildman–Crippen MR) is 39.2 cm³/mol. The van der Waals surface area contributed by atoms with Crippen molar-refractivity contribution in [3.05, 3.63) is 24.3 Å². The summed E-state index contributed by atoms with van der Waals surface area (Å²) >= 11 is 1.19. The SMILES string of the molecule is [NH]c1ccc(SN)cc1. The maximum Gasteiger partial charge on any atom is 0.0540 e. The summed E-state index contributed by atoms with van der Waals surface area (Å²) < 4.78 is 0. The molecular formula is C6H7N2S. The van der Waals surface area contributed by atoms with Crippen LogP contribution in [0, 0.1) is 0 Å². The Labute approximate surface area is 58.4 Å². The third-order valence-electron chi connectivity index (χ3n) is 0.990. The molecule has 1 aromatic rings. The van der Waals surface area contributed by atoms with Crippen LogP contribution in [0.1, 0.15) is 0 Å². The van der Waals surface area contributed by atoms with Crippen molar-refractivity contribution in [1.82, 2.24) is 5.73 Å². The molecule has 0 bridgehead atoms. The third-order valence-corrected chi connectivity index (χ3v) is 1.53. The van der Waals surface area contributed by atoms with E-state index in [1.54, 1.807) is 12.1 Å². The summed E-state index contributed by atoms with van der Waals surface area (Å²) in [5.41, 5.74) is 7.64. The van der Waals surface area contributed by atoms with Crippen LogP contribution in [0.3, 0.4) is 0 Å². The average molecular weight is 139 g/mol. The van der Waals surface area contributed by atoms with Crippen LogP contribution in [-0.4, -0.2) is 0 Å². The zero-order chi connectivity index (χ0) is 6.69. The lowest BCUT2D eigenvalue weighted by molar-refractivity contribution is 1.40. The summed E-state index contributed by atoms with van der Waals surface area (Å²) in [6, 6.07) is 7.09. The van der Waals surface area contributed by atoms with Gasteiger partial charge in [0, 0.05) is 4.90 Å². The van der Waals surface area contributed by atoms with E-state index in [0.717, 1.165) is 4.90 Å². The van der Waals surface area contributed by atoms with Crippen LogP contribution in [0.4, 0.5) is 5.69 Å². The van der Waals surface area contributed by atoms with Gasteiger partial charge in [-0.15, -0.1) is 0 Å². The van der Waals surface area contributed by atoms with Gasteiger partial charge in [0.05, 0.1) is 5.69 Å². The lowest BCUT2D eigenvalue weighted by Crippen LogP contribution is -1.77. The highest BCUT2D eigenvalue weighted by molar-refractivity contribution is 7.97. The first-order valence-corrected chi connectivity index (χ1v) is 3.39. The fourth-order valence-corrected chi connectivity index (χ4v) is 0.827. The third kappa shape index (κ3) is 1.62. The Balaban J connectivity index is 2.88. The van der Waals surface area contributed by atoms with E-state index in [9.17, 15) is 0 Å². The molecule has 1 rings (SSSR count). The first-order chi connectivity index (χ1) is 4.33. The number of hydrogen-bond acceptors (Lipinski definition) is 2. The van der Waals surface area contributed by atoms with Crippen LogP contribution in [0.2, 0.25) is 0 Å². The van der Waals surface area contributed by atoms with Gasteiger partial charge in [0.25, 0.3) is 0 Å². The molecule has 0 spiro atoms. The van der Waals surface area contributed by atoms with Crippen LogP contribution in [0.5, 0.6) is 0 Å². The van der Waals surface area contributed by atoms with Crippen LogP contribution in [0.15, 0.2) is 29.2 Å². The predicted octanol–water partition coefficient (Wildman–Crippen LogP) is 1.57.